The molecule has 1 unspecified atom stereocenters. The number of pyridine rings is 1. The van der Waals surface area contributed by atoms with Gasteiger partial charge in [-0.3, -0.25) is 4.31 Å². The first kappa shape index (κ1) is 22.0. The van der Waals surface area contributed by atoms with Gasteiger partial charge >= 0.3 is 6.61 Å². The minimum absolute atomic E-state index is 0.0679. The van der Waals surface area contributed by atoms with Crippen molar-refractivity contribution < 1.29 is 30.7 Å². The molecule has 3 rings (SSSR count). The van der Waals surface area contributed by atoms with Crippen molar-refractivity contribution in [3.8, 4) is 16.6 Å². The Morgan fingerprint density at radius 2 is 1.97 bits per heavy atom. The molecule has 0 spiro atoms. The number of sulfonamides is 1. The lowest BCUT2D eigenvalue weighted by Crippen LogP contribution is -2.31. The van der Waals surface area contributed by atoms with Crippen LogP contribution in [0.5, 0.6) is 5.88 Å². The summed E-state index contributed by atoms with van der Waals surface area (Å²) in [6.07, 6.45) is 1.11. The van der Waals surface area contributed by atoms with Crippen LogP contribution in [0.15, 0.2) is 28.9 Å². The Hall–Kier alpha value is -2.74. The minimum Gasteiger partial charge on any atom is -0.417 e. The summed E-state index contributed by atoms with van der Waals surface area (Å²) in [7, 11) is -3.74. The second kappa shape index (κ2) is 8.95. The van der Waals surface area contributed by atoms with E-state index in [9.17, 15) is 21.6 Å². The highest BCUT2D eigenvalue weighted by Gasteiger charge is 2.24. The molecule has 3 aromatic rings. The van der Waals surface area contributed by atoms with E-state index in [-0.39, 0.29) is 35.6 Å². The third kappa shape index (κ3) is 5.05. The van der Waals surface area contributed by atoms with Crippen molar-refractivity contribution in [2.45, 2.75) is 33.2 Å². The summed E-state index contributed by atoms with van der Waals surface area (Å²) < 4.78 is 73.4. The highest BCUT2D eigenvalue weighted by Crippen LogP contribution is 2.30. The fourth-order valence-electron chi connectivity index (χ4n) is 2.29. The van der Waals surface area contributed by atoms with Gasteiger partial charge in [-0.1, -0.05) is 0 Å². The Labute approximate surface area is 173 Å². The van der Waals surface area contributed by atoms with Gasteiger partial charge in [0.15, 0.2) is 6.17 Å². The van der Waals surface area contributed by atoms with E-state index in [1.165, 1.54) is 26.1 Å². The molecule has 14 heteroatoms. The zero-order valence-electron chi connectivity index (χ0n) is 15.7. The van der Waals surface area contributed by atoms with Crippen molar-refractivity contribution in [3.05, 3.63) is 35.4 Å². The van der Waals surface area contributed by atoms with Gasteiger partial charge in [-0.25, -0.2) is 22.8 Å². The molecule has 1 atom stereocenters. The molecule has 3 aromatic heterocycles. The van der Waals surface area contributed by atoms with Crippen molar-refractivity contribution in [2.75, 3.05) is 10.1 Å². The molecule has 0 fully saturated rings. The smallest absolute Gasteiger partial charge is 0.388 e. The van der Waals surface area contributed by atoms with E-state index < -0.39 is 22.8 Å². The summed E-state index contributed by atoms with van der Waals surface area (Å²) in [5.41, 5.74) is 0.154. The summed E-state index contributed by atoms with van der Waals surface area (Å²) in [5.74, 6) is -0.652. The van der Waals surface area contributed by atoms with Crippen LogP contribution in [-0.4, -0.2) is 40.9 Å². The first-order valence-electron chi connectivity index (χ1n) is 8.53. The summed E-state index contributed by atoms with van der Waals surface area (Å²) in [5, 5.41) is 7.74. The maximum Gasteiger partial charge on any atom is 0.388 e. The maximum atomic E-state index is 13.3. The Kier molecular flexibility index (Phi) is 6.55. The average Bonchev–Trinajstić information content (AvgIpc) is 3.36. The molecule has 30 heavy (non-hydrogen) atoms. The Morgan fingerprint density at radius 3 is 2.53 bits per heavy atom. The van der Waals surface area contributed by atoms with Gasteiger partial charge in [-0.2, -0.15) is 8.78 Å². The number of hydrogen-bond acceptors (Lipinski definition) is 9. The average molecular weight is 463 g/mol. The van der Waals surface area contributed by atoms with E-state index in [1.807, 2.05) is 0 Å². The van der Waals surface area contributed by atoms with E-state index in [2.05, 4.69) is 24.9 Å². The molecule has 9 nitrogen and oxygen atoms in total. The molecule has 0 saturated heterocycles. The zero-order valence-corrected chi connectivity index (χ0v) is 17.3. The van der Waals surface area contributed by atoms with Crippen LogP contribution in [0.25, 0.3) is 10.8 Å². The second-order valence-electron chi connectivity index (χ2n) is 5.82. The van der Waals surface area contributed by atoms with E-state index in [1.54, 1.807) is 0 Å². The molecule has 3 heterocycles. The summed E-state index contributed by atoms with van der Waals surface area (Å²) in [6.45, 7) is -0.458. The van der Waals surface area contributed by atoms with E-state index in [0.717, 1.165) is 27.9 Å². The lowest BCUT2D eigenvalue weighted by molar-refractivity contribution is -0.0528. The lowest BCUT2D eigenvalue weighted by Gasteiger charge is -2.22. The molecule has 0 aromatic carbocycles. The van der Waals surface area contributed by atoms with Crippen LogP contribution < -0.4 is 9.04 Å². The number of alkyl halides is 3. The number of nitrogens with zero attached hydrogens (tertiary/aromatic N) is 5. The van der Waals surface area contributed by atoms with Gasteiger partial charge in [0, 0.05) is 6.07 Å². The van der Waals surface area contributed by atoms with Crippen LogP contribution in [0.3, 0.4) is 0 Å². The molecule has 0 aliphatic heterocycles. The van der Waals surface area contributed by atoms with E-state index in [0.29, 0.717) is 9.88 Å². The quantitative estimate of drug-likeness (QED) is 0.473. The van der Waals surface area contributed by atoms with Crippen molar-refractivity contribution in [2.24, 2.45) is 0 Å². The predicted octanol–water partition coefficient (Wildman–Crippen LogP) is 3.58. The van der Waals surface area contributed by atoms with Crippen LogP contribution in [0, 0.1) is 0 Å². The van der Waals surface area contributed by atoms with Gasteiger partial charge in [-0.05, 0) is 19.9 Å². The molecule has 0 aliphatic rings. The van der Waals surface area contributed by atoms with Gasteiger partial charge < -0.3 is 9.15 Å². The van der Waals surface area contributed by atoms with E-state index in [4.69, 9.17) is 4.42 Å². The van der Waals surface area contributed by atoms with Crippen molar-refractivity contribution >= 4 is 27.0 Å². The molecular formula is C16H16F3N5O4S2. The molecule has 0 bridgehead atoms. The van der Waals surface area contributed by atoms with E-state index >= 15 is 0 Å². The maximum absolute atomic E-state index is 13.3. The molecular weight excluding hydrogens is 447 g/mol. The van der Waals surface area contributed by atoms with Crippen LogP contribution in [0.1, 0.15) is 30.9 Å². The third-order valence-corrected chi connectivity index (χ3v) is 6.45. The topological polar surface area (TPSA) is 111 Å². The van der Waals surface area contributed by atoms with Gasteiger partial charge in [0.2, 0.25) is 15.9 Å². The summed E-state index contributed by atoms with van der Waals surface area (Å²) >= 11 is 1.09. The number of anilines is 1. The number of aromatic nitrogens is 4. The number of thiazole rings is 1. The SMILES string of the molecule is CCS(=O)(=O)N(Cc1ncc(-c2nnc(C(C)F)o2)s1)c1ccc(OC(F)F)nc1. The molecule has 162 valence electrons. The second-order valence-corrected chi connectivity index (χ2v) is 9.12. The normalized spacial score (nSPS) is 12.9. The van der Waals surface area contributed by atoms with Crippen molar-refractivity contribution in [3.63, 3.8) is 0 Å². The number of hydrogen-bond donors (Lipinski definition) is 0. The van der Waals surface area contributed by atoms with Crippen LogP contribution in [-0.2, 0) is 16.6 Å². The molecule has 0 amide bonds. The monoisotopic (exact) mass is 463 g/mol. The van der Waals surface area contributed by atoms with Crippen molar-refractivity contribution in [1.29, 1.82) is 0 Å². The third-order valence-electron chi connectivity index (χ3n) is 3.74. The van der Waals surface area contributed by atoms with Crippen LogP contribution in [0.4, 0.5) is 18.9 Å². The van der Waals surface area contributed by atoms with Gasteiger partial charge in [-0.15, -0.1) is 21.5 Å². The molecule has 0 radical (unpaired) electrons. The summed E-state index contributed by atoms with van der Waals surface area (Å²) in [6, 6.07) is 2.45. The molecule has 0 N–H and O–H groups in total. The highest BCUT2D eigenvalue weighted by molar-refractivity contribution is 7.92. The number of rotatable bonds is 9. The largest absolute Gasteiger partial charge is 0.417 e. The van der Waals surface area contributed by atoms with Crippen molar-refractivity contribution in [1.82, 2.24) is 20.2 Å². The Balaban J connectivity index is 1.85. The van der Waals surface area contributed by atoms with Crippen LogP contribution in [0.2, 0.25) is 0 Å². The highest BCUT2D eigenvalue weighted by atomic mass is 32.2. The first-order chi connectivity index (χ1) is 14.2. The molecule has 0 aliphatic carbocycles. The van der Waals surface area contributed by atoms with Gasteiger partial charge in [0.1, 0.15) is 9.88 Å². The fraction of sp³-hybridized carbons (Fsp3) is 0.375. The van der Waals surface area contributed by atoms with Gasteiger partial charge in [0.05, 0.1) is 30.4 Å². The standard InChI is InChI=1S/C16H16F3N5O4S2/c1-3-30(25,26)24(10-4-5-12(20-6-10)27-16(18)19)8-13-21-7-11(29-13)15-23-22-14(28-15)9(2)17/h4-7,9,16H,3,8H2,1-2H3. The Morgan fingerprint density at radius 1 is 1.20 bits per heavy atom. The summed E-state index contributed by atoms with van der Waals surface area (Å²) in [4.78, 5) is 8.31. The van der Waals surface area contributed by atoms with Crippen LogP contribution >= 0.6 is 11.3 Å². The zero-order chi connectivity index (χ0) is 21.9. The predicted molar refractivity (Wildman–Crippen MR) is 101 cm³/mol. The number of halogens is 3. The minimum atomic E-state index is -3.74. The molecule has 0 saturated carbocycles. The van der Waals surface area contributed by atoms with Gasteiger partial charge in [0.25, 0.3) is 11.8 Å². The first-order valence-corrected chi connectivity index (χ1v) is 11.0. The Bertz CT molecular complexity index is 1090. The lowest BCUT2D eigenvalue weighted by atomic mass is 10.4. The number of ether oxygens (including phenoxy) is 1. The fourth-order valence-corrected chi connectivity index (χ4v) is 4.26.